The molecular weight excluding hydrogens is 436 g/mol. The Morgan fingerprint density at radius 1 is 0.824 bits per heavy atom. The van der Waals surface area contributed by atoms with Crippen LogP contribution in [-0.2, 0) is 19.3 Å². The highest BCUT2D eigenvalue weighted by molar-refractivity contribution is 15.0. The van der Waals surface area contributed by atoms with Crippen LogP contribution in [0.15, 0.2) is 42.6 Å². The molecule has 1 aliphatic carbocycles. The fourth-order valence-electron chi connectivity index (χ4n) is 2.28. The smallest absolute Gasteiger partial charge is 0.0479 e. The van der Waals surface area contributed by atoms with E-state index >= 15 is 0 Å². The SMILES string of the molecule is II.c1ccc2c(c1)CCc1cccnc1C2. The second-order valence-electron chi connectivity index (χ2n) is 4.05. The summed E-state index contributed by atoms with van der Waals surface area (Å²) in [5.74, 6) is 0. The Morgan fingerprint density at radius 2 is 1.47 bits per heavy atom. The first-order valence-corrected chi connectivity index (χ1v) is 11.9. The predicted octanol–water partition coefficient (Wildman–Crippen LogP) is 4.54. The van der Waals surface area contributed by atoms with E-state index < -0.39 is 0 Å². The van der Waals surface area contributed by atoms with Crippen LogP contribution in [0, 0.1) is 0 Å². The van der Waals surface area contributed by atoms with Crippen LogP contribution in [-0.4, -0.2) is 4.98 Å². The number of benzene rings is 1. The topological polar surface area (TPSA) is 12.9 Å². The zero-order valence-corrected chi connectivity index (χ0v) is 13.7. The molecule has 0 saturated heterocycles. The van der Waals surface area contributed by atoms with E-state index in [0.717, 1.165) is 19.3 Å². The van der Waals surface area contributed by atoms with E-state index in [4.69, 9.17) is 0 Å². The van der Waals surface area contributed by atoms with Crippen LogP contribution in [0.5, 0.6) is 0 Å². The highest BCUT2D eigenvalue weighted by atomic mass is 128. The van der Waals surface area contributed by atoms with E-state index in [2.05, 4.69) is 72.5 Å². The van der Waals surface area contributed by atoms with Gasteiger partial charge in [-0.25, -0.2) is 0 Å². The lowest BCUT2D eigenvalue weighted by Crippen LogP contribution is -1.95. The standard InChI is InChI=1S/C14H13N.I2/c1-2-5-13-10-14-12(6-3-9-15-14)8-7-11(13)4-1;1-2/h1-6,9H,7-8,10H2;. The summed E-state index contributed by atoms with van der Waals surface area (Å²) >= 11 is 4.24. The summed E-state index contributed by atoms with van der Waals surface area (Å²) in [4.78, 5) is 4.48. The third-order valence-electron chi connectivity index (χ3n) is 3.12. The van der Waals surface area contributed by atoms with Crippen molar-refractivity contribution in [2.75, 3.05) is 0 Å². The number of hydrogen-bond donors (Lipinski definition) is 0. The molecule has 1 nitrogen and oxygen atoms in total. The molecule has 88 valence electrons. The monoisotopic (exact) mass is 449 g/mol. The van der Waals surface area contributed by atoms with Gasteiger partial charge in [-0.05, 0) is 35.6 Å². The molecule has 0 spiro atoms. The van der Waals surface area contributed by atoms with Crippen LogP contribution >= 0.6 is 37.2 Å². The number of hydrogen-bond acceptors (Lipinski definition) is 1. The van der Waals surface area contributed by atoms with Crippen LogP contribution < -0.4 is 0 Å². The quantitative estimate of drug-likeness (QED) is 0.539. The number of fused-ring (bicyclic) bond motifs is 2. The highest BCUT2D eigenvalue weighted by Gasteiger charge is 2.12. The third-order valence-corrected chi connectivity index (χ3v) is 3.12. The zero-order valence-electron chi connectivity index (χ0n) is 9.37. The lowest BCUT2D eigenvalue weighted by molar-refractivity contribution is 0.952. The Bertz CT molecular complexity index is 452. The molecule has 0 unspecified atom stereocenters. The van der Waals surface area contributed by atoms with Gasteiger partial charge in [0.25, 0.3) is 0 Å². The molecule has 0 atom stereocenters. The Kier molecular flexibility index (Phi) is 5.21. The average molecular weight is 449 g/mol. The number of nitrogens with zero attached hydrogens (tertiary/aromatic N) is 1. The predicted molar refractivity (Wildman–Crippen MR) is 88.9 cm³/mol. The van der Waals surface area contributed by atoms with Gasteiger partial charge in [0.05, 0.1) is 0 Å². The summed E-state index contributed by atoms with van der Waals surface area (Å²) in [7, 11) is 0. The van der Waals surface area contributed by atoms with E-state index in [1.54, 1.807) is 0 Å². The molecule has 3 heteroatoms. The van der Waals surface area contributed by atoms with Gasteiger partial charge >= 0.3 is 0 Å². The van der Waals surface area contributed by atoms with Crippen molar-refractivity contribution in [2.45, 2.75) is 19.3 Å². The molecule has 0 aliphatic heterocycles. The minimum absolute atomic E-state index is 0.992. The minimum Gasteiger partial charge on any atom is -0.261 e. The van der Waals surface area contributed by atoms with Gasteiger partial charge in [0, 0.05) is 55.5 Å². The molecule has 3 rings (SSSR count). The average Bonchev–Trinajstić information content (AvgIpc) is 2.60. The van der Waals surface area contributed by atoms with Crippen LogP contribution in [0.3, 0.4) is 0 Å². The minimum atomic E-state index is 0.992. The summed E-state index contributed by atoms with van der Waals surface area (Å²) in [5.41, 5.74) is 5.58. The van der Waals surface area contributed by atoms with Gasteiger partial charge in [-0.3, -0.25) is 4.98 Å². The molecule has 0 fully saturated rings. The van der Waals surface area contributed by atoms with Crippen LogP contribution in [0.2, 0.25) is 0 Å². The van der Waals surface area contributed by atoms with Crippen molar-refractivity contribution >= 4 is 37.2 Å². The second kappa shape index (κ2) is 6.68. The summed E-state index contributed by atoms with van der Waals surface area (Å²) < 4.78 is 0. The Hall–Kier alpha value is -0.170. The number of halogens is 2. The molecule has 0 radical (unpaired) electrons. The number of rotatable bonds is 0. The maximum atomic E-state index is 4.48. The van der Waals surface area contributed by atoms with Crippen molar-refractivity contribution in [1.82, 2.24) is 4.98 Å². The summed E-state index contributed by atoms with van der Waals surface area (Å²) in [5, 5.41) is 0. The largest absolute Gasteiger partial charge is 0.261 e. The molecule has 1 aromatic heterocycles. The molecule has 0 amide bonds. The zero-order chi connectivity index (χ0) is 12.1. The summed E-state index contributed by atoms with van der Waals surface area (Å²) in [6.45, 7) is 0. The fraction of sp³-hybridized carbons (Fsp3) is 0.214. The number of pyridine rings is 1. The van der Waals surface area contributed by atoms with Gasteiger partial charge in [0.2, 0.25) is 0 Å². The number of aromatic nitrogens is 1. The van der Waals surface area contributed by atoms with E-state index in [-0.39, 0.29) is 0 Å². The van der Waals surface area contributed by atoms with Gasteiger partial charge in [-0.1, -0.05) is 30.3 Å². The molecule has 17 heavy (non-hydrogen) atoms. The van der Waals surface area contributed by atoms with Gasteiger partial charge in [0.15, 0.2) is 0 Å². The van der Waals surface area contributed by atoms with Gasteiger partial charge in [-0.15, -0.1) is 0 Å². The van der Waals surface area contributed by atoms with Crippen molar-refractivity contribution in [3.63, 3.8) is 0 Å². The van der Waals surface area contributed by atoms with E-state index in [1.807, 2.05) is 12.3 Å². The lowest BCUT2D eigenvalue weighted by atomic mass is 10.0. The molecular formula is C14H13I2N. The number of aryl methyl sites for hydroxylation is 2. The van der Waals surface area contributed by atoms with E-state index in [0.29, 0.717) is 0 Å². The first-order chi connectivity index (χ1) is 8.43. The van der Waals surface area contributed by atoms with Crippen molar-refractivity contribution in [2.24, 2.45) is 0 Å². The summed E-state index contributed by atoms with van der Waals surface area (Å²) in [6.07, 6.45) is 5.16. The molecule has 1 heterocycles. The van der Waals surface area contributed by atoms with Crippen molar-refractivity contribution < 1.29 is 0 Å². The third kappa shape index (κ3) is 3.19. The molecule has 1 aromatic carbocycles. The first kappa shape index (κ1) is 13.3. The maximum Gasteiger partial charge on any atom is 0.0479 e. The first-order valence-electron chi connectivity index (χ1n) is 5.57. The molecule has 2 aromatic rings. The van der Waals surface area contributed by atoms with Crippen molar-refractivity contribution in [3.8, 4) is 0 Å². The second-order valence-corrected chi connectivity index (χ2v) is 4.05. The summed E-state index contributed by atoms with van der Waals surface area (Å²) in [6, 6.07) is 12.9. The van der Waals surface area contributed by atoms with Crippen LogP contribution in [0.4, 0.5) is 0 Å². The maximum absolute atomic E-state index is 4.48. The fourth-order valence-corrected chi connectivity index (χ4v) is 2.28. The van der Waals surface area contributed by atoms with E-state index in [9.17, 15) is 0 Å². The van der Waals surface area contributed by atoms with Crippen molar-refractivity contribution in [3.05, 3.63) is 65.0 Å². The molecule has 1 aliphatic rings. The molecule has 0 saturated carbocycles. The molecule has 0 bridgehead atoms. The lowest BCUT2D eigenvalue weighted by Gasteiger charge is -2.03. The molecule has 0 N–H and O–H groups in total. The van der Waals surface area contributed by atoms with E-state index in [1.165, 1.54) is 22.4 Å². The normalized spacial score (nSPS) is 12.6. The van der Waals surface area contributed by atoms with Crippen molar-refractivity contribution in [1.29, 1.82) is 0 Å². The Balaban J connectivity index is 0.000000514. The Labute approximate surface area is 125 Å². The van der Waals surface area contributed by atoms with Crippen LogP contribution in [0.25, 0.3) is 0 Å². The van der Waals surface area contributed by atoms with Gasteiger partial charge in [-0.2, -0.15) is 0 Å². The van der Waals surface area contributed by atoms with Gasteiger partial charge in [0.1, 0.15) is 0 Å². The Morgan fingerprint density at radius 3 is 2.29 bits per heavy atom. The van der Waals surface area contributed by atoms with Crippen LogP contribution in [0.1, 0.15) is 22.4 Å². The van der Waals surface area contributed by atoms with Gasteiger partial charge < -0.3 is 0 Å². The highest BCUT2D eigenvalue weighted by Crippen LogP contribution is 2.22.